The lowest BCUT2D eigenvalue weighted by Crippen LogP contribution is -3.07. The van der Waals surface area contributed by atoms with E-state index in [1.165, 1.54) is 44.6 Å². The zero-order chi connectivity index (χ0) is 24.3. The molecular weight excluding hydrogens is 439 g/mol. The van der Waals surface area contributed by atoms with Crippen molar-refractivity contribution >= 4 is 11.0 Å². The molecule has 6 nitrogen and oxygen atoms in total. The Labute approximate surface area is 189 Å². The number of quaternary nitrogens is 1. The molecule has 1 aromatic heterocycles. The van der Waals surface area contributed by atoms with E-state index in [-0.39, 0.29) is 34.4 Å². The van der Waals surface area contributed by atoms with Gasteiger partial charge in [0.15, 0.2) is 11.5 Å². The van der Waals surface area contributed by atoms with Crippen LogP contribution in [-0.2, 0) is 12.7 Å². The summed E-state index contributed by atoms with van der Waals surface area (Å²) in [5.41, 5.74) is -1.81. The van der Waals surface area contributed by atoms with E-state index >= 15 is 0 Å². The SMILES string of the molecule is CCCC[NH+](C)Cc1c([O-])ccc2c(=O)c(-c3ccc(OC)c(OC)c3)c(C(F)(F)F)oc12. The van der Waals surface area contributed by atoms with Crippen LogP contribution in [0.25, 0.3) is 22.1 Å². The van der Waals surface area contributed by atoms with Crippen molar-refractivity contribution in [2.75, 3.05) is 27.8 Å². The summed E-state index contributed by atoms with van der Waals surface area (Å²) in [5.74, 6) is -1.45. The second-order valence-corrected chi connectivity index (χ2v) is 7.86. The molecule has 0 saturated heterocycles. The van der Waals surface area contributed by atoms with Crippen molar-refractivity contribution in [2.45, 2.75) is 32.5 Å². The number of hydrogen-bond donors (Lipinski definition) is 1. The number of methoxy groups -OCH3 is 2. The molecule has 1 atom stereocenters. The van der Waals surface area contributed by atoms with Gasteiger partial charge in [0.2, 0.25) is 11.2 Å². The first-order valence-corrected chi connectivity index (χ1v) is 10.5. The van der Waals surface area contributed by atoms with Crippen LogP contribution in [0.5, 0.6) is 17.2 Å². The third kappa shape index (κ3) is 4.93. The highest BCUT2D eigenvalue weighted by molar-refractivity contribution is 5.87. The van der Waals surface area contributed by atoms with E-state index in [9.17, 15) is 23.1 Å². The Balaban J connectivity index is 2.30. The van der Waals surface area contributed by atoms with Crippen LogP contribution in [0.3, 0.4) is 0 Å². The molecule has 0 bridgehead atoms. The molecular formula is C24H26F3NO5. The number of fused-ring (bicyclic) bond motifs is 1. The van der Waals surface area contributed by atoms with Gasteiger partial charge in [-0.3, -0.25) is 4.79 Å². The van der Waals surface area contributed by atoms with Gasteiger partial charge < -0.3 is 23.9 Å². The monoisotopic (exact) mass is 465 g/mol. The van der Waals surface area contributed by atoms with Gasteiger partial charge >= 0.3 is 6.18 Å². The van der Waals surface area contributed by atoms with E-state index in [1.807, 2.05) is 14.0 Å². The molecule has 1 unspecified atom stereocenters. The van der Waals surface area contributed by atoms with Gasteiger partial charge in [-0.15, -0.1) is 0 Å². The van der Waals surface area contributed by atoms with Crippen LogP contribution in [0, 0.1) is 0 Å². The van der Waals surface area contributed by atoms with Gasteiger partial charge in [-0.05, 0) is 30.2 Å². The second-order valence-electron chi connectivity index (χ2n) is 7.86. The van der Waals surface area contributed by atoms with Crippen LogP contribution >= 0.6 is 0 Å². The first kappa shape index (κ1) is 24.4. The Morgan fingerprint density at radius 1 is 1.09 bits per heavy atom. The normalized spacial score (nSPS) is 12.7. The fraction of sp³-hybridized carbons (Fsp3) is 0.375. The van der Waals surface area contributed by atoms with Gasteiger partial charge in [0, 0.05) is 5.56 Å². The highest BCUT2D eigenvalue weighted by Crippen LogP contribution is 2.40. The third-order valence-corrected chi connectivity index (χ3v) is 5.49. The summed E-state index contributed by atoms with van der Waals surface area (Å²) in [5, 5.41) is 12.5. The first-order valence-electron chi connectivity index (χ1n) is 10.5. The third-order valence-electron chi connectivity index (χ3n) is 5.49. The molecule has 0 aliphatic heterocycles. The molecule has 1 N–H and O–H groups in total. The van der Waals surface area contributed by atoms with Crippen molar-refractivity contribution in [3.63, 3.8) is 0 Å². The lowest BCUT2D eigenvalue weighted by molar-refractivity contribution is -0.894. The van der Waals surface area contributed by atoms with Crippen molar-refractivity contribution in [2.24, 2.45) is 0 Å². The number of hydrogen-bond acceptors (Lipinski definition) is 5. The van der Waals surface area contributed by atoms with Gasteiger partial charge in [0.05, 0.1) is 38.8 Å². The van der Waals surface area contributed by atoms with Crippen molar-refractivity contribution < 1.29 is 37.1 Å². The summed E-state index contributed by atoms with van der Waals surface area (Å²) >= 11 is 0. The summed E-state index contributed by atoms with van der Waals surface area (Å²) in [6.45, 7) is 2.90. The largest absolute Gasteiger partial charge is 0.872 e. The Hall–Kier alpha value is -3.20. The minimum Gasteiger partial charge on any atom is -0.872 e. The second kappa shape index (κ2) is 9.74. The molecule has 3 aromatic rings. The Morgan fingerprint density at radius 3 is 2.39 bits per heavy atom. The number of alkyl halides is 3. The molecule has 1 heterocycles. The van der Waals surface area contributed by atoms with E-state index in [1.54, 1.807) is 0 Å². The first-order chi connectivity index (χ1) is 15.6. The molecule has 33 heavy (non-hydrogen) atoms. The Morgan fingerprint density at radius 2 is 1.79 bits per heavy atom. The Kier molecular flexibility index (Phi) is 7.22. The maximum absolute atomic E-state index is 14.1. The smallest absolute Gasteiger partial charge is 0.450 e. The highest BCUT2D eigenvalue weighted by atomic mass is 19.4. The van der Waals surface area contributed by atoms with Crippen LogP contribution in [0.2, 0.25) is 0 Å². The highest BCUT2D eigenvalue weighted by Gasteiger charge is 2.40. The van der Waals surface area contributed by atoms with E-state index in [0.29, 0.717) is 5.75 Å². The van der Waals surface area contributed by atoms with Crippen molar-refractivity contribution in [3.05, 3.63) is 51.9 Å². The maximum atomic E-state index is 14.1. The fourth-order valence-electron chi connectivity index (χ4n) is 3.79. The van der Waals surface area contributed by atoms with Crippen LogP contribution in [-0.4, -0.2) is 27.8 Å². The number of benzene rings is 2. The molecule has 0 aliphatic carbocycles. The summed E-state index contributed by atoms with van der Waals surface area (Å²) < 4.78 is 57.8. The molecule has 0 saturated carbocycles. The average Bonchev–Trinajstić information content (AvgIpc) is 2.78. The molecule has 0 amide bonds. The number of ether oxygens (including phenoxy) is 2. The van der Waals surface area contributed by atoms with E-state index in [0.717, 1.165) is 24.3 Å². The molecule has 0 aliphatic rings. The van der Waals surface area contributed by atoms with Crippen LogP contribution in [0.1, 0.15) is 31.1 Å². The van der Waals surface area contributed by atoms with E-state index in [2.05, 4.69) is 0 Å². The van der Waals surface area contributed by atoms with E-state index in [4.69, 9.17) is 13.9 Å². The van der Waals surface area contributed by atoms with Gasteiger partial charge in [0.25, 0.3) is 0 Å². The lowest BCUT2D eigenvalue weighted by Gasteiger charge is -2.21. The standard InChI is InChI=1S/C24H26F3NO5/c1-5-6-11-28(2)13-16-17(29)9-8-15-21(30)20(23(24(25,26)27)33-22(15)16)14-7-10-18(31-3)19(12-14)32-4/h7-10,12,29H,5-6,11,13H2,1-4H3. The zero-order valence-corrected chi connectivity index (χ0v) is 18.9. The molecule has 0 spiro atoms. The fourth-order valence-corrected chi connectivity index (χ4v) is 3.79. The van der Waals surface area contributed by atoms with Crippen LogP contribution in [0.4, 0.5) is 13.2 Å². The molecule has 0 radical (unpaired) electrons. The molecule has 178 valence electrons. The summed E-state index contributed by atoms with van der Waals surface area (Å²) in [6, 6.07) is 6.46. The zero-order valence-electron chi connectivity index (χ0n) is 18.9. The predicted octanol–water partition coefficient (Wildman–Crippen LogP) is 3.38. The van der Waals surface area contributed by atoms with Crippen molar-refractivity contribution in [3.8, 4) is 28.4 Å². The minimum absolute atomic E-state index is 0.0333. The van der Waals surface area contributed by atoms with Crippen molar-refractivity contribution in [1.82, 2.24) is 0 Å². The number of nitrogens with one attached hydrogen (secondary N) is 1. The molecule has 2 aromatic carbocycles. The molecule has 9 heteroatoms. The van der Waals surface area contributed by atoms with E-state index < -0.39 is 28.7 Å². The molecule has 0 fully saturated rings. The number of rotatable bonds is 8. The summed E-state index contributed by atoms with van der Waals surface area (Å²) in [7, 11) is 4.58. The van der Waals surface area contributed by atoms with Gasteiger partial charge in [-0.2, -0.15) is 13.2 Å². The Bertz CT molecular complexity index is 1200. The number of unbranched alkanes of at least 4 members (excludes halogenated alkanes) is 1. The predicted molar refractivity (Wildman–Crippen MR) is 116 cm³/mol. The average molecular weight is 465 g/mol. The summed E-state index contributed by atoms with van der Waals surface area (Å²) in [6.07, 6.45) is -3.13. The van der Waals surface area contributed by atoms with Gasteiger partial charge in [0.1, 0.15) is 12.1 Å². The maximum Gasteiger partial charge on any atom is 0.450 e. The van der Waals surface area contributed by atoms with Gasteiger partial charge in [-0.1, -0.05) is 31.2 Å². The topological polar surface area (TPSA) is 76.2 Å². The lowest BCUT2D eigenvalue weighted by atomic mass is 9.99. The van der Waals surface area contributed by atoms with Crippen LogP contribution < -0.4 is 24.9 Å². The quantitative estimate of drug-likeness (QED) is 0.552. The van der Waals surface area contributed by atoms with Gasteiger partial charge in [-0.25, -0.2) is 0 Å². The summed E-state index contributed by atoms with van der Waals surface area (Å²) in [4.78, 5) is 14.3. The number of halogens is 3. The molecule has 3 rings (SSSR count). The van der Waals surface area contributed by atoms with Crippen LogP contribution in [0.15, 0.2) is 39.5 Å². The minimum atomic E-state index is -4.97. The van der Waals surface area contributed by atoms with Crippen molar-refractivity contribution in [1.29, 1.82) is 0 Å².